The Morgan fingerprint density at radius 3 is 2.63 bits per heavy atom. The molecule has 0 aliphatic rings. The van der Waals surface area contributed by atoms with Gasteiger partial charge in [0.05, 0.1) is 10.6 Å². The first-order valence-electron chi connectivity index (χ1n) is 12.5. The maximum Gasteiger partial charge on any atom is 0.272 e. The summed E-state index contributed by atoms with van der Waals surface area (Å²) in [5.41, 5.74) is 1.10. The van der Waals surface area contributed by atoms with E-state index in [9.17, 15) is 23.3 Å². The highest BCUT2D eigenvalue weighted by Crippen LogP contribution is 2.36. The van der Waals surface area contributed by atoms with Crippen molar-refractivity contribution in [1.29, 1.82) is 0 Å². The summed E-state index contributed by atoms with van der Waals surface area (Å²) in [7, 11) is -4.24. The molecule has 4 aromatic rings. The zero-order valence-corrected chi connectivity index (χ0v) is 23.9. The summed E-state index contributed by atoms with van der Waals surface area (Å²) in [5.74, 6) is -0.681. The van der Waals surface area contributed by atoms with Crippen LogP contribution in [0.15, 0.2) is 71.9 Å². The Bertz CT molecular complexity index is 1690. The molecule has 0 aliphatic heterocycles. The van der Waals surface area contributed by atoms with E-state index in [0.717, 1.165) is 17.7 Å². The Morgan fingerprint density at radius 1 is 1.20 bits per heavy atom. The molecule has 0 bridgehead atoms. The Kier molecular flexibility index (Phi) is 9.01. The fourth-order valence-electron chi connectivity index (χ4n) is 3.79. The number of ether oxygens (including phenoxy) is 1. The second kappa shape index (κ2) is 12.5. The molecule has 0 fully saturated rings. The summed E-state index contributed by atoms with van der Waals surface area (Å²) in [6.45, 7) is 5.26. The Hall–Kier alpha value is -4.33. The number of nitrogens with zero attached hydrogens (tertiary/aromatic N) is 4. The van der Waals surface area contributed by atoms with Crippen LogP contribution in [0.25, 0.3) is 5.69 Å². The van der Waals surface area contributed by atoms with Crippen LogP contribution in [0, 0.1) is 17.0 Å². The van der Waals surface area contributed by atoms with Crippen molar-refractivity contribution in [2.24, 2.45) is 0 Å². The van der Waals surface area contributed by atoms with Gasteiger partial charge in [0.15, 0.2) is 5.69 Å². The number of non-ortho nitro benzene ring substituents is 1. The van der Waals surface area contributed by atoms with E-state index in [1.165, 1.54) is 10.7 Å². The standard InChI is InChI=1S/C27H27ClN6O6S/c1-4-17(2)32-41(38,39)24-14-22(34(36)37)10-11-23(24)40-27-18(3)25(26(35)30-16-19-7-6-12-29-15-19)31-33(27)21-9-5-8-20(28)13-21/h5-15,17,32H,4,16H2,1-3H3,(H,30,35)/t17-/m1/s1. The second-order valence-corrected chi connectivity index (χ2v) is 11.3. The van der Waals surface area contributed by atoms with Gasteiger partial charge in [-0.25, -0.2) is 13.1 Å². The molecular formula is C27H27ClN6O6S. The number of nitro benzene ring substituents is 1. The van der Waals surface area contributed by atoms with Crippen molar-refractivity contribution in [2.75, 3.05) is 0 Å². The molecule has 14 heteroatoms. The number of hydrogen-bond acceptors (Lipinski definition) is 8. The number of rotatable bonds is 11. The Balaban J connectivity index is 1.81. The molecule has 0 spiro atoms. The molecular weight excluding hydrogens is 572 g/mol. The quantitative estimate of drug-likeness (QED) is 0.181. The van der Waals surface area contributed by atoms with Crippen molar-refractivity contribution in [3.63, 3.8) is 0 Å². The van der Waals surface area contributed by atoms with E-state index in [1.54, 1.807) is 63.5 Å². The van der Waals surface area contributed by atoms with Crippen molar-refractivity contribution in [2.45, 2.75) is 44.7 Å². The maximum atomic E-state index is 13.3. The van der Waals surface area contributed by atoms with Crippen LogP contribution in [0.4, 0.5) is 5.69 Å². The Morgan fingerprint density at radius 2 is 1.98 bits per heavy atom. The molecule has 4 rings (SSSR count). The van der Waals surface area contributed by atoms with Crippen LogP contribution in [0.1, 0.15) is 41.9 Å². The first-order chi connectivity index (χ1) is 19.5. The predicted octanol–water partition coefficient (Wildman–Crippen LogP) is 4.94. The van der Waals surface area contributed by atoms with E-state index in [2.05, 4.69) is 20.1 Å². The molecule has 2 heterocycles. The lowest BCUT2D eigenvalue weighted by Crippen LogP contribution is -2.32. The fraction of sp³-hybridized carbons (Fsp3) is 0.222. The van der Waals surface area contributed by atoms with Gasteiger partial charge in [0.25, 0.3) is 11.6 Å². The number of halogens is 1. The minimum atomic E-state index is -4.24. The molecule has 12 nitrogen and oxygen atoms in total. The molecule has 214 valence electrons. The van der Waals surface area contributed by atoms with Crippen LogP contribution in [-0.2, 0) is 16.6 Å². The SMILES string of the molecule is CC[C@@H](C)NS(=O)(=O)c1cc([N+](=O)[O-])ccc1Oc1c(C)c(C(=O)NCc2cccnc2)nn1-c1cccc(Cl)c1. The lowest BCUT2D eigenvalue weighted by molar-refractivity contribution is -0.385. The third kappa shape index (κ3) is 6.88. The molecule has 0 unspecified atom stereocenters. The summed E-state index contributed by atoms with van der Waals surface area (Å²) < 4.78 is 36.5. The molecule has 0 saturated heterocycles. The topological polar surface area (TPSA) is 158 Å². The summed E-state index contributed by atoms with van der Waals surface area (Å²) in [6.07, 6.45) is 3.73. The minimum absolute atomic E-state index is 0.0210. The highest BCUT2D eigenvalue weighted by Gasteiger charge is 2.28. The summed E-state index contributed by atoms with van der Waals surface area (Å²) in [6, 6.07) is 13.0. The number of pyridine rings is 1. The van der Waals surface area contributed by atoms with E-state index >= 15 is 0 Å². The minimum Gasteiger partial charge on any atom is -0.437 e. The van der Waals surface area contributed by atoms with E-state index in [1.807, 2.05) is 6.07 Å². The third-order valence-corrected chi connectivity index (χ3v) is 7.96. The van der Waals surface area contributed by atoms with Crippen LogP contribution >= 0.6 is 11.6 Å². The first kappa shape index (κ1) is 29.6. The molecule has 2 aromatic heterocycles. The van der Waals surface area contributed by atoms with Crippen LogP contribution in [0.2, 0.25) is 5.02 Å². The van der Waals surface area contributed by atoms with Crippen LogP contribution in [0.3, 0.4) is 0 Å². The van der Waals surface area contributed by atoms with Gasteiger partial charge in [-0.2, -0.15) is 9.78 Å². The average molecular weight is 599 g/mol. The first-order valence-corrected chi connectivity index (χ1v) is 14.4. The van der Waals surface area contributed by atoms with Gasteiger partial charge >= 0.3 is 0 Å². The fourth-order valence-corrected chi connectivity index (χ4v) is 5.45. The summed E-state index contributed by atoms with van der Waals surface area (Å²) >= 11 is 6.21. The van der Waals surface area contributed by atoms with Gasteiger partial charge in [-0.3, -0.25) is 19.9 Å². The number of carbonyl (C=O) groups excluding carboxylic acids is 1. The smallest absolute Gasteiger partial charge is 0.272 e. The van der Waals surface area contributed by atoms with Crippen LogP contribution in [0.5, 0.6) is 11.6 Å². The monoisotopic (exact) mass is 598 g/mol. The van der Waals surface area contributed by atoms with Crippen LogP contribution in [-0.4, -0.2) is 40.1 Å². The van der Waals surface area contributed by atoms with Crippen molar-refractivity contribution in [3.8, 4) is 17.3 Å². The highest BCUT2D eigenvalue weighted by atomic mass is 35.5. The molecule has 41 heavy (non-hydrogen) atoms. The lowest BCUT2D eigenvalue weighted by Gasteiger charge is -2.16. The number of carbonyl (C=O) groups is 1. The number of amides is 1. The molecule has 0 saturated carbocycles. The molecule has 2 aromatic carbocycles. The van der Waals surface area contributed by atoms with E-state index in [-0.39, 0.29) is 23.9 Å². The largest absolute Gasteiger partial charge is 0.437 e. The van der Waals surface area contributed by atoms with Gasteiger partial charge in [0, 0.05) is 47.7 Å². The predicted molar refractivity (Wildman–Crippen MR) is 152 cm³/mol. The van der Waals surface area contributed by atoms with Crippen molar-refractivity contribution in [1.82, 2.24) is 24.8 Å². The van der Waals surface area contributed by atoms with Gasteiger partial charge < -0.3 is 10.1 Å². The second-order valence-electron chi connectivity index (χ2n) is 9.14. The zero-order chi connectivity index (χ0) is 29.7. The summed E-state index contributed by atoms with van der Waals surface area (Å²) in [4.78, 5) is 27.6. The lowest BCUT2D eigenvalue weighted by atomic mass is 10.2. The van der Waals surface area contributed by atoms with Crippen molar-refractivity contribution in [3.05, 3.63) is 98.9 Å². The van der Waals surface area contributed by atoms with Crippen molar-refractivity contribution < 1.29 is 22.9 Å². The van der Waals surface area contributed by atoms with E-state index < -0.39 is 37.5 Å². The van der Waals surface area contributed by atoms with Gasteiger partial charge in [-0.05, 0) is 56.2 Å². The Labute approximate surface area is 241 Å². The number of aromatic nitrogens is 3. The van der Waals surface area contributed by atoms with Gasteiger partial charge in [0.1, 0.15) is 10.6 Å². The number of hydrogen-bond donors (Lipinski definition) is 2. The van der Waals surface area contributed by atoms with E-state index in [0.29, 0.717) is 22.7 Å². The molecule has 0 radical (unpaired) electrons. The van der Waals surface area contributed by atoms with Gasteiger partial charge in [-0.15, -0.1) is 0 Å². The number of benzene rings is 2. The van der Waals surface area contributed by atoms with Gasteiger partial charge in [0.2, 0.25) is 15.9 Å². The van der Waals surface area contributed by atoms with E-state index in [4.69, 9.17) is 16.3 Å². The van der Waals surface area contributed by atoms with Gasteiger partial charge in [-0.1, -0.05) is 30.7 Å². The normalized spacial score (nSPS) is 12.1. The summed E-state index contributed by atoms with van der Waals surface area (Å²) in [5, 5.41) is 19.1. The molecule has 0 aliphatic carbocycles. The van der Waals surface area contributed by atoms with Crippen molar-refractivity contribution >= 4 is 33.2 Å². The molecule has 1 amide bonds. The number of nitro groups is 1. The highest BCUT2D eigenvalue weighted by molar-refractivity contribution is 7.89. The average Bonchev–Trinajstić information content (AvgIpc) is 3.27. The number of sulfonamides is 1. The molecule has 1 atom stereocenters. The maximum absolute atomic E-state index is 13.3. The third-order valence-electron chi connectivity index (χ3n) is 6.12. The number of nitrogens with one attached hydrogen (secondary N) is 2. The zero-order valence-electron chi connectivity index (χ0n) is 22.4. The molecule has 2 N–H and O–H groups in total. The van der Waals surface area contributed by atoms with Crippen LogP contribution < -0.4 is 14.8 Å².